The molecule has 0 bridgehead atoms. The van der Waals surface area contributed by atoms with Crippen LogP contribution in [0, 0.1) is 5.92 Å². The first-order valence-corrected chi connectivity index (χ1v) is 4.43. The molecule has 0 heterocycles. The minimum Gasteiger partial charge on any atom is -0.197 e. The van der Waals surface area contributed by atoms with Crippen molar-refractivity contribution in [2.45, 2.75) is 51.9 Å². The molecule has 0 amide bonds. The largest absolute Gasteiger partial charge is 0.197 e. The lowest BCUT2D eigenvalue weighted by molar-refractivity contribution is 0.597. The molecule has 0 spiro atoms. The third kappa shape index (κ3) is 5.16. The van der Waals surface area contributed by atoms with Gasteiger partial charge in [-0.25, -0.2) is 0 Å². The lowest BCUT2D eigenvalue weighted by atomic mass is 10.1. The molecule has 1 saturated carbocycles. The highest BCUT2D eigenvalue weighted by molar-refractivity contribution is 7.59. The Morgan fingerprint density at radius 1 is 1.10 bits per heavy atom. The molecule has 0 aromatic heterocycles. The standard InChI is InChI=1S/C9H18.H2S/c1-2-3-4-5-6-9-7-8-9;/h9H,2-8H2,1H3;1H2. The van der Waals surface area contributed by atoms with Crippen LogP contribution >= 0.6 is 13.5 Å². The summed E-state index contributed by atoms with van der Waals surface area (Å²) in [5.41, 5.74) is 0. The van der Waals surface area contributed by atoms with Crippen LogP contribution < -0.4 is 0 Å². The van der Waals surface area contributed by atoms with Crippen molar-refractivity contribution in [3.63, 3.8) is 0 Å². The van der Waals surface area contributed by atoms with Crippen LogP contribution in [0.3, 0.4) is 0 Å². The van der Waals surface area contributed by atoms with Crippen LogP contribution in [-0.4, -0.2) is 0 Å². The molecule has 0 aliphatic heterocycles. The first kappa shape index (κ1) is 10.3. The zero-order valence-corrected chi connectivity index (χ0v) is 8.03. The molecule has 10 heavy (non-hydrogen) atoms. The molecule has 0 aromatic carbocycles. The molecular formula is C9H20S. The second kappa shape index (κ2) is 6.09. The summed E-state index contributed by atoms with van der Waals surface area (Å²) in [6.45, 7) is 2.27. The van der Waals surface area contributed by atoms with E-state index in [1.165, 1.54) is 44.9 Å². The molecule has 0 saturated heterocycles. The van der Waals surface area contributed by atoms with Crippen molar-refractivity contribution in [1.82, 2.24) is 0 Å². The maximum Gasteiger partial charge on any atom is -0.0414 e. The summed E-state index contributed by atoms with van der Waals surface area (Å²) in [6.07, 6.45) is 10.4. The fourth-order valence-corrected chi connectivity index (χ4v) is 1.27. The van der Waals surface area contributed by atoms with Crippen LogP contribution in [0.5, 0.6) is 0 Å². The van der Waals surface area contributed by atoms with Gasteiger partial charge < -0.3 is 0 Å². The third-order valence-corrected chi connectivity index (χ3v) is 2.16. The average Bonchev–Trinajstić information content (AvgIpc) is 2.63. The van der Waals surface area contributed by atoms with Crippen LogP contribution in [0.25, 0.3) is 0 Å². The molecule has 1 rings (SSSR count). The Morgan fingerprint density at radius 2 is 1.80 bits per heavy atom. The van der Waals surface area contributed by atoms with Crippen LogP contribution in [0.15, 0.2) is 0 Å². The van der Waals surface area contributed by atoms with Crippen LogP contribution in [0.1, 0.15) is 51.9 Å². The molecule has 0 radical (unpaired) electrons. The fraction of sp³-hybridized carbons (Fsp3) is 1.00. The fourth-order valence-electron chi connectivity index (χ4n) is 1.27. The second-order valence-corrected chi connectivity index (χ2v) is 3.29. The van der Waals surface area contributed by atoms with E-state index in [-0.39, 0.29) is 13.5 Å². The maximum absolute atomic E-state index is 2.27. The van der Waals surface area contributed by atoms with Gasteiger partial charge in [-0.15, -0.1) is 0 Å². The molecule has 1 aliphatic carbocycles. The molecule has 0 nitrogen and oxygen atoms in total. The molecule has 1 heteroatoms. The van der Waals surface area contributed by atoms with Gasteiger partial charge in [0, 0.05) is 0 Å². The normalized spacial score (nSPS) is 16.5. The summed E-state index contributed by atoms with van der Waals surface area (Å²) in [5, 5.41) is 0. The van der Waals surface area contributed by atoms with E-state index in [2.05, 4.69) is 6.92 Å². The van der Waals surface area contributed by atoms with Crippen molar-refractivity contribution >= 4 is 13.5 Å². The topological polar surface area (TPSA) is 0 Å². The maximum atomic E-state index is 2.27. The van der Waals surface area contributed by atoms with Crippen LogP contribution in [0.2, 0.25) is 0 Å². The predicted octanol–water partition coefficient (Wildman–Crippen LogP) is 3.48. The zero-order chi connectivity index (χ0) is 6.53. The summed E-state index contributed by atoms with van der Waals surface area (Å²) in [6, 6.07) is 0. The van der Waals surface area contributed by atoms with E-state index in [1.807, 2.05) is 0 Å². The molecule has 0 N–H and O–H groups in total. The molecule has 62 valence electrons. The summed E-state index contributed by atoms with van der Waals surface area (Å²) in [7, 11) is 0. The molecule has 0 aromatic rings. The molecule has 0 unspecified atom stereocenters. The molecule has 1 aliphatic rings. The lowest BCUT2D eigenvalue weighted by Gasteiger charge is -1.95. The number of unbranched alkanes of at least 4 members (excludes halogenated alkanes) is 3. The summed E-state index contributed by atoms with van der Waals surface area (Å²) in [5.74, 6) is 1.15. The van der Waals surface area contributed by atoms with Gasteiger partial charge in [0.2, 0.25) is 0 Å². The number of hydrogen-bond acceptors (Lipinski definition) is 0. The first-order chi connectivity index (χ1) is 4.43. The van der Waals surface area contributed by atoms with E-state index >= 15 is 0 Å². The Balaban J connectivity index is 0.000000810. The Kier molecular flexibility index (Phi) is 6.30. The van der Waals surface area contributed by atoms with Crippen LogP contribution in [0.4, 0.5) is 0 Å². The predicted molar refractivity (Wildman–Crippen MR) is 51.9 cm³/mol. The molecular weight excluding hydrogens is 140 g/mol. The van der Waals surface area contributed by atoms with Crippen molar-refractivity contribution in [3.05, 3.63) is 0 Å². The van der Waals surface area contributed by atoms with Gasteiger partial charge in [-0.1, -0.05) is 51.9 Å². The first-order valence-electron chi connectivity index (χ1n) is 4.43. The Bertz CT molecular complexity index is 67.1. The lowest BCUT2D eigenvalue weighted by Crippen LogP contribution is -1.77. The SMILES string of the molecule is CCCCCCC1CC1.S. The monoisotopic (exact) mass is 160 g/mol. The van der Waals surface area contributed by atoms with E-state index in [1.54, 1.807) is 0 Å². The van der Waals surface area contributed by atoms with E-state index in [0.717, 1.165) is 5.92 Å². The Labute approximate surface area is 71.8 Å². The van der Waals surface area contributed by atoms with Gasteiger partial charge in [-0.05, 0) is 5.92 Å². The Hall–Kier alpha value is 0.350. The quantitative estimate of drug-likeness (QED) is 0.540. The van der Waals surface area contributed by atoms with Gasteiger partial charge >= 0.3 is 0 Å². The summed E-state index contributed by atoms with van der Waals surface area (Å²) < 4.78 is 0. The zero-order valence-electron chi connectivity index (χ0n) is 7.03. The van der Waals surface area contributed by atoms with Crippen molar-refractivity contribution in [2.75, 3.05) is 0 Å². The van der Waals surface area contributed by atoms with E-state index < -0.39 is 0 Å². The van der Waals surface area contributed by atoms with Crippen molar-refractivity contribution in [3.8, 4) is 0 Å². The second-order valence-electron chi connectivity index (χ2n) is 3.29. The highest BCUT2D eigenvalue weighted by Gasteiger charge is 2.19. The van der Waals surface area contributed by atoms with Gasteiger partial charge in [0.15, 0.2) is 0 Å². The van der Waals surface area contributed by atoms with Gasteiger partial charge in [-0.3, -0.25) is 0 Å². The minimum absolute atomic E-state index is 0. The van der Waals surface area contributed by atoms with Crippen molar-refractivity contribution < 1.29 is 0 Å². The number of rotatable bonds is 5. The highest BCUT2D eigenvalue weighted by Crippen LogP contribution is 2.33. The Morgan fingerprint density at radius 3 is 2.30 bits per heavy atom. The molecule has 0 atom stereocenters. The van der Waals surface area contributed by atoms with E-state index in [4.69, 9.17) is 0 Å². The van der Waals surface area contributed by atoms with Crippen molar-refractivity contribution in [1.29, 1.82) is 0 Å². The summed E-state index contributed by atoms with van der Waals surface area (Å²) >= 11 is 0. The molecule has 1 fully saturated rings. The van der Waals surface area contributed by atoms with Crippen molar-refractivity contribution in [2.24, 2.45) is 5.92 Å². The average molecular weight is 160 g/mol. The van der Waals surface area contributed by atoms with Gasteiger partial charge in [0.25, 0.3) is 0 Å². The number of hydrogen-bond donors (Lipinski definition) is 0. The van der Waals surface area contributed by atoms with Gasteiger partial charge in [-0.2, -0.15) is 13.5 Å². The van der Waals surface area contributed by atoms with E-state index in [0.29, 0.717) is 0 Å². The smallest absolute Gasteiger partial charge is 0.0414 e. The minimum atomic E-state index is 0. The highest BCUT2D eigenvalue weighted by atomic mass is 32.1. The summed E-state index contributed by atoms with van der Waals surface area (Å²) in [4.78, 5) is 0. The van der Waals surface area contributed by atoms with Gasteiger partial charge in [0.1, 0.15) is 0 Å². The van der Waals surface area contributed by atoms with Crippen LogP contribution in [-0.2, 0) is 0 Å². The van der Waals surface area contributed by atoms with Gasteiger partial charge in [0.05, 0.1) is 0 Å². The van der Waals surface area contributed by atoms with E-state index in [9.17, 15) is 0 Å². The third-order valence-electron chi connectivity index (χ3n) is 2.16.